The van der Waals surface area contributed by atoms with Crippen molar-refractivity contribution in [3.63, 3.8) is 0 Å². The molecule has 2 aliphatic heterocycles. The van der Waals surface area contributed by atoms with E-state index < -0.39 is 5.97 Å². The average Bonchev–Trinajstić information content (AvgIpc) is 2.85. The number of hydrogen-bond acceptors (Lipinski definition) is 4. The second kappa shape index (κ2) is 5.80. The molecule has 2 saturated heterocycles. The Morgan fingerprint density at radius 1 is 1.47 bits per heavy atom. The Balaban J connectivity index is 1.96. The molecule has 2 aliphatic rings. The van der Waals surface area contributed by atoms with Crippen molar-refractivity contribution in [1.29, 1.82) is 0 Å². The molecule has 0 aromatic rings. The van der Waals surface area contributed by atoms with Crippen LogP contribution in [0.1, 0.15) is 19.3 Å². The standard InChI is InChI=1S/C12H22N2O3/c1-17-8-7-14(9-12(15)16)11-4-6-13-5-2-3-10(11)13/h10-11H,2-9H2,1H3,(H,15,16). The minimum absolute atomic E-state index is 0.137. The average molecular weight is 242 g/mol. The fourth-order valence-corrected chi connectivity index (χ4v) is 3.23. The highest BCUT2D eigenvalue weighted by Gasteiger charge is 2.40. The topological polar surface area (TPSA) is 53.0 Å². The first kappa shape index (κ1) is 12.8. The van der Waals surface area contributed by atoms with Crippen molar-refractivity contribution in [3.8, 4) is 0 Å². The Hall–Kier alpha value is -0.650. The maximum Gasteiger partial charge on any atom is 0.317 e. The Bertz CT molecular complexity index is 272. The van der Waals surface area contributed by atoms with Gasteiger partial charge in [-0.25, -0.2) is 0 Å². The van der Waals surface area contributed by atoms with Crippen LogP contribution in [0.5, 0.6) is 0 Å². The maximum atomic E-state index is 10.9. The van der Waals surface area contributed by atoms with E-state index >= 15 is 0 Å². The SMILES string of the molecule is COCCN(CC(=O)O)C1CCN2CCCC12. The van der Waals surface area contributed by atoms with E-state index in [9.17, 15) is 4.79 Å². The lowest BCUT2D eigenvalue weighted by Crippen LogP contribution is -2.46. The summed E-state index contributed by atoms with van der Waals surface area (Å²) in [7, 11) is 1.66. The second-order valence-electron chi connectivity index (χ2n) is 4.96. The van der Waals surface area contributed by atoms with E-state index in [2.05, 4.69) is 9.80 Å². The molecule has 2 heterocycles. The molecule has 17 heavy (non-hydrogen) atoms. The van der Waals surface area contributed by atoms with Crippen molar-refractivity contribution in [2.45, 2.75) is 31.3 Å². The molecule has 0 amide bonds. The molecule has 1 N–H and O–H groups in total. The van der Waals surface area contributed by atoms with E-state index in [1.165, 1.54) is 19.4 Å². The molecule has 2 rings (SSSR count). The van der Waals surface area contributed by atoms with Crippen LogP contribution in [0.2, 0.25) is 0 Å². The van der Waals surface area contributed by atoms with Crippen molar-refractivity contribution < 1.29 is 14.6 Å². The smallest absolute Gasteiger partial charge is 0.317 e. The van der Waals surface area contributed by atoms with Crippen LogP contribution in [0.15, 0.2) is 0 Å². The van der Waals surface area contributed by atoms with Crippen molar-refractivity contribution in [3.05, 3.63) is 0 Å². The molecule has 98 valence electrons. The predicted molar refractivity (Wildman–Crippen MR) is 64.1 cm³/mol. The largest absolute Gasteiger partial charge is 0.480 e. The van der Waals surface area contributed by atoms with Gasteiger partial charge < -0.3 is 9.84 Å². The lowest BCUT2D eigenvalue weighted by atomic mass is 10.0. The summed E-state index contributed by atoms with van der Waals surface area (Å²) in [6.45, 7) is 3.78. The van der Waals surface area contributed by atoms with Gasteiger partial charge >= 0.3 is 5.97 Å². The van der Waals surface area contributed by atoms with Crippen LogP contribution in [0, 0.1) is 0 Å². The molecular formula is C12H22N2O3. The molecule has 0 spiro atoms. The van der Waals surface area contributed by atoms with Crippen molar-refractivity contribution in [1.82, 2.24) is 9.80 Å². The summed E-state index contributed by atoms with van der Waals surface area (Å²) in [5.74, 6) is -0.738. The summed E-state index contributed by atoms with van der Waals surface area (Å²) >= 11 is 0. The summed E-state index contributed by atoms with van der Waals surface area (Å²) in [5, 5.41) is 8.99. The zero-order valence-electron chi connectivity index (χ0n) is 10.5. The molecule has 2 atom stereocenters. The first-order valence-electron chi connectivity index (χ1n) is 6.41. The molecule has 0 saturated carbocycles. The van der Waals surface area contributed by atoms with E-state index in [0.717, 1.165) is 19.5 Å². The summed E-state index contributed by atoms with van der Waals surface area (Å²) in [6.07, 6.45) is 3.57. The molecule has 0 radical (unpaired) electrons. The van der Waals surface area contributed by atoms with Gasteiger partial charge in [-0.3, -0.25) is 14.6 Å². The lowest BCUT2D eigenvalue weighted by molar-refractivity contribution is -0.139. The summed E-state index contributed by atoms with van der Waals surface area (Å²) in [4.78, 5) is 15.5. The number of carbonyl (C=O) groups is 1. The molecule has 0 aliphatic carbocycles. The van der Waals surface area contributed by atoms with Gasteiger partial charge in [0.25, 0.3) is 0 Å². The van der Waals surface area contributed by atoms with Crippen molar-refractivity contribution in [2.24, 2.45) is 0 Å². The third kappa shape index (κ3) is 2.97. The number of carboxylic acids is 1. The van der Waals surface area contributed by atoms with Gasteiger partial charge in [0.1, 0.15) is 0 Å². The molecule has 0 aromatic carbocycles. The molecule has 0 bridgehead atoms. The highest BCUT2D eigenvalue weighted by atomic mass is 16.5. The van der Waals surface area contributed by atoms with Crippen LogP contribution in [0.3, 0.4) is 0 Å². The van der Waals surface area contributed by atoms with Crippen LogP contribution in [-0.4, -0.2) is 72.9 Å². The summed E-state index contributed by atoms with van der Waals surface area (Å²) in [5.41, 5.74) is 0. The minimum atomic E-state index is -0.738. The molecule has 5 nitrogen and oxygen atoms in total. The van der Waals surface area contributed by atoms with Crippen LogP contribution >= 0.6 is 0 Å². The van der Waals surface area contributed by atoms with Gasteiger partial charge in [0.15, 0.2) is 0 Å². The highest BCUT2D eigenvalue weighted by molar-refractivity contribution is 5.69. The van der Waals surface area contributed by atoms with Crippen molar-refractivity contribution in [2.75, 3.05) is 39.9 Å². The van der Waals surface area contributed by atoms with Gasteiger partial charge in [0.05, 0.1) is 13.2 Å². The normalized spacial score (nSPS) is 28.8. The molecule has 2 unspecified atom stereocenters. The summed E-state index contributed by atoms with van der Waals surface area (Å²) in [6, 6.07) is 0.981. The van der Waals surface area contributed by atoms with Crippen molar-refractivity contribution >= 4 is 5.97 Å². The first-order chi connectivity index (χ1) is 8.22. The predicted octanol–water partition coefficient (Wildman–Crippen LogP) is 0.256. The zero-order chi connectivity index (χ0) is 12.3. The van der Waals surface area contributed by atoms with Crippen LogP contribution in [-0.2, 0) is 9.53 Å². The van der Waals surface area contributed by atoms with Crippen LogP contribution < -0.4 is 0 Å². The summed E-state index contributed by atoms with van der Waals surface area (Å²) < 4.78 is 5.08. The van der Waals surface area contributed by atoms with Gasteiger partial charge in [0, 0.05) is 32.3 Å². The third-order valence-electron chi connectivity index (χ3n) is 3.96. The lowest BCUT2D eigenvalue weighted by Gasteiger charge is -2.31. The third-order valence-corrected chi connectivity index (χ3v) is 3.96. The molecule has 2 fully saturated rings. The van der Waals surface area contributed by atoms with E-state index in [0.29, 0.717) is 18.7 Å². The zero-order valence-corrected chi connectivity index (χ0v) is 10.5. The first-order valence-corrected chi connectivity index (χ1v) is 6.41. The number of fused-ring (bicyclic) bond motifs is 1. The van der Waals surface area contributed by atoms with Crippen LogP contribution in [0.4, 0.5) is 0 Å². The molecular weight excluding hydrogens is 220 g/mol. The van der Waals surface area contributed by atoms with Gasteiger partial charge in [-0.05, 0) is 25.8 Å². The van der Waals surface area contributed by atoms with Crippen LogP contribution in [0.25, 0.3) is 0 Å². The molecule has 5 heteroatoms. The fraction of sp³-hybridized carbons (Fsp3) is 0.917. The number of carboxylic acid groups (broad SMARTS) is 1. The minimum Gasteiger partial charge on any atom is -0.480 e. The fourth-order valence-electron chi connectivity index (χ4n) is 3.23. The number of hydrogen-bond donors (Lipinski definition) is 1. The van der Waals surface area contributed by atoms with E-state index in [4.69, 9.17) is 9.84 Å². The second-order valence-corrected chi connectivity index (χ2v) is 4.96. The van der Waals surface area contributed by atoms with Gasteiger partial charge in [-0.1, -0.05) is 0 Å². The molecule has 0 aromatic heterocycles. The monoisotopic (exact) mass is 242 g/mol. The number of rotatable bonds is 6. The van der Waals surface area contributed by atoms with Gasteiger partial charge in [-0.2, -0.15) is 0 Å². The van der Waals surface area contributed by atoms with Gasteiger partial charge in [0.2, 0.25) is 0 Å². The van der Waals surface area contributed by atoms with E-state index in [1.807, 2.05) is 0 Å². The number of aliphatic carboxylic acids is 1. The van der Waals surface area contributed by atoms with E-state index in [-0.39, 0.29) is 6.54 Å². The quantitative estimate of drug-likeness (QED) is 0.724. The maximum absolute atomic E-state index is 10.9. The Kier molecular flexibility index (Phi) is 4.36. The number of methoxy groups -OCH3 is 1. The Morgan fingerprint density at radius 2 is 2.29 bits per heavy atom. The number of ether oxygens (including phenoxy) is 1. The Labute approximate surface area is 102 Å². The van der Waals surface area contributed by atoms with E-state index in [1.54, 1.807) is 7.11 Å². The highest BCUT2D eigenvalue weighted by Crippen LogP contribution is 2.31. The number of nitrogens with zero attached hydrogens (tertiary/aromatic N) is 2. The van der Waals surface area contributed by atoms with Gasteiger partial charge in [-0.15, -0.1) is 0 Å². The Morgan fingerprint density at radius 3 is 3.00 bits per heavy atom.